The summed E-state index contributed by atoms with van der Waals surface area (Å²) < 4.78 is 5.72. The van der Waals surface area contributed by atoms with Gasteiger partial charge in [-0.1, -0.05) is 45.0 Å². The fourth-order valence-corrected chi connectivity index (χ4v) is 2.47. The summed E-state index contributed by atoms with van der Waals surface area (Å²) in [5.74, 6) is 5.68. The van der Waals surface area contributed by atoms with Crippen molar-refractivity contribution in [2.75, 3.05) is 6.61 Å². The van der Waals surface area contributed by atoms with E-state index in [4.69, 9.17) is 10.6 Å². The zero-order chi connectivity index (χ0) is 13.2. The van der Waals surface area contributed by atoms with E-state index in [-0.39, 0.29) is 17.6 Å². The number of ether oxygens (including phenoxy) is 1. The van der Waals surface area contributed by atoms with Crippen molar-refractivity contribution in [3.63, 3.8) is 0 Å². The minimum Gasteiger partial charge on any atom is -0.376 e. The second-order valence-corrected chi connectivity index (χ2v) is 6.07. The van der Waals surface area contributed by atoms with Gasteiger partial charge in [-0.2, -0.15) is 0 Å². The second kappa shape index (κ2) is 5.39. The van der Waals surface area contributed by atoms with Crippen LogP contribution in [0.25, 0.3) is 0 Å². The van der Waals surface area contributed by atoms with Crippen LogP contribution in [-0.4, -0.2) is 12.7 Å². The van der Waals surface area contributed by atoms with Gasteiger partial charge in [-0.05, 0) is 29.4 Å². The standard InChI is InChI=1S/C15H24N2O/c1-15(2,3)12-8-6-11(7-9-12)14(17-16)13-5-4-10-18-13/h6-9,13-14,17H,4-5,10,16H2,1-3H3. The largest absolute Gasteiger partial charge is 0.376 e. The Morgan fingerprint density at radius 2 is 1.94 bits per heavy atom. The lowest BCUT2D eigenvalue weighted by molar-refractivity contribution is 0.0783. The molecule has 1 fully saturated rings. The highest BCUT2D eigenvalue weighted by Crippen LogP contribution is 2.28. The average Bonchev–Trinajstić information content (AvgIpc) is 2.83. The van der Waals surface area contributed by atoms with Crippen LogP contribution < -0.4 is 11.3 Å². The van der Waals surface area contributed by atoms with Crippen molar-refractivity contribution in [2.24, 2.45) is 5.84 Å². The normalized spacial score (nSPS) is 22.1. The van der Waals surface area contributed by atoms with Crippen LogP contribution in [0, 0.1) is 0 Å². The topological polar surface area (TPSA) is 47.3 Å². The zero-order valence-electron chi connectivity index (χ0n) is 11.6. The Labute approximate surface area is 110 Å². The van der Waals surface area contributed by atoms with Gasteiger partial charge in [-0.25, -0.2) is 0 Å². The molecule has 0 saturated carbocycles. The smallest absolute Gasteiger partial charge is 0.0783 e. The van der Waals surface area contributed by atoms with Gasteiger partial charge >= 0.3 is 0 Å². The van der Waals surface area contributed by atoms with Gasteiger partial charge in [0.25, 0.3) is 0 Å². The first-order chi connectivity index (χ1) is 8.52. The first-order valence-corrected chi connectivity index (χ1v) is 6.70. The van der Waals surface area contributed by atoms with Gasteiger partial charge in [0.1, 0.15) is 0 Å². The molecule has 100 valence electrons. The van der Waals surface area contributed by atoms with Gasteiger partial charge in [-0.3, -0.25) is 11.3 Å². The molecule has 1 saturated heterocycles. The van der Waals surface area contributed by atoms with Crippen molar-refractivity contribution in [1.29, 1.82) is 0 Å². The van der Waals surface area contributed by atoms with E-state index in [1.165, 1.54) is 11.1 Å². The molecule has 0 radical (unpaired) electrons. The third-order valence-electron chi connectivity index (χ3n) is 3.65. The Bertz CT molecular complexity index is 374. The number of nitrogens with one attached hydrogen (secondary N) is 1. The lowest BCUT2D eigenvalue weighted by Crippen LogP contribution is -2.36. The van der Waals surface area contributed by atoms with Gasteiger partial charge in [0, 0.05) is 6.61 Å². The van der Waals surface area contributed by atoms with E-state index in [2.05, 4.69) is 50.5 Å². The van der Waals surface area contributed by atoms with E-state index in [0.717, 1.165) is 19.4 Å². The molecule has 1 aliphatic rings. The fourth-order valence-electron chi connectivity index (χ4n) is 2.47. The zero-order valence-corrected chi connectivity index (χ0v) is 11.6. The third kappa shape index (κ3) is 2.91. The summed E-state index contributed by atoms with van der Waals surface area (Å²) in [5, 5.41) is 0. The molecular weight excluding hydrogens is 224 g/mol. The first kappa shape index (κ1) is 13.5. The minimum absolute atomic E-state index is 0.0986. The van der Waals surface area contributed by atoms with Crippen LogP contribution in [0.5, 0.6) is 0 Å². The second-order valence-electron chi connectivity index (χ2n) is 6.07. The van der Waals surface area contributed by atoms with Crippen LogP contribution in [0.1, 0.15) is 50.8 Å². The van der Waals surface area contributed by atoms with Gasteiger partial charge in [-0.15, -0.1) is 0 Å². The molecule has 18 heavy (non-hydrogen) atoms. The lowest BCUT2D eigenvalue weighted by atomic mass is 9.86. The van der Waals surface area contributed by atoms with E-state index in [1.54, 1.807) is 0 Å². The van der Waals surface area contributed by atoms with Crippen molar-refractivity contribution in [1.82, 2.24) is 5.43 Å². The third-order valence-corrected chi connectivity index (χ3v) is 3.65. The molecule has 1 aliphatic heterocycles. The fraction of sp³-hybridized carbons (Fsp3) is 0.600. The molecule has 2 atom stereocenters. The number of hydrazine groups is 1. The van der Waals surface area contributed by atoms with Gasteiger partial charge in [0.15, 0.2) is 0 Å². The predicted molar refractivity (Wildman–Crippen MR) is 74.2 cm³/mol. The Morgan fingerprint density at radius 3 is 2.39 bits per heavy atom. The van der Waals surface area contributed by atoms with E-state index in [0.29, 0.717) is 0 Å². The highest BCUT2D eigenvalue weighted by molar-refractivity contribution is 5.29. The molecule has 2 rings (SSSR count). The van der Waals surface area contributed by atoms with Gasteiger partial charge in [0.2, 0.25) is 0 Å². The van der Waals surface area contributed by atoms with Crippen molar-refractivity contribution >= 4 is 0 Å². The van der Waals surface area contributed by atoms with Crippen LogP contribution >= 0.6 is 0 Å². The number of hydrogen-bond donors (Lipinski definition) is 2. The number of hydrogen-bond acceptors (Lipinski definition) is 3. The Kier molecular flexibility index (Phi) is 4.05. The van der Waals surface area contributed by atoms with E-state index < -0.39 is 0 Å². The quantitative estimate of drug-likeness (QED) is 0.638. The highest BCUT2D eigenvalue weighted by atomic mass is 16.5. The minimum atomic E-state index is 0.0986. The molecule has 0 aromatic heterocycles. The van der Waals surface area contributed by atoms with E-state index in [9.17, 15) is 0 Å². The molecule has 0 bridgehead atoms. The van der Waals surface area contributed by atoms with Crippen LogP contribution in [0.4, 0.5) is 0 Å². The molecule has 0 spiro atoms. The summed E-state index contributed by atoms with van der Waals surface area (Å²) in [4.78, 5) is 0. The van der Waals surface area contributed by atoms with Crippen LogP contribution in [0.2, 0.25) is 0 Å². The van der Waals surface area contributed by atoms with Gasteiger partial charge in [0.05, 0.1) is 12.1 Å². The molecule has 3 N–H and O–H groups in total. The SMILES string of the molecule is CC(C)(C)c1ccc(C(NN)C2CCCO2)cc1. The molecule has 1 heterocycles. The number of nitrogens with two attached hydrogens (primary N) is 1. The molecule has 0 aliphatic carbocycles. The maximum atomic E-state index is 5.72. The van der Waals surface area contributed by atoms with Crippen LogP contribution in [0.3, 0.4) is 0 Å². The average molecular weight is 248 g/mol. The lowest BCUT2D eigenvalue weighted by Gasteiger charge is -2.24. The molecule has 0 amide bonds. The Hall–Kier alpha value is -0.900. The Balaban J connectivity index is 2.16. The maximum Gasteiger partial charge on any atom is 0.0783 e. The summed E-state index contributed by atoms with van der Waals surface area (Å²) in [7, 11) is 0. The van der Waals surface area contributed by atoms with Crippen LogP contribution in [-0.2, 0) is 10.2 Å². The molecule has 1 aromatic rings. The van der Waals surface area contributed by atoms with Crippen molar-refractivity contribution in [2.45, 2.75) is 51.2 Å². The van der Waals surface area contributed by atoms with Crippen molar-refractivity contribution in [3.05, 3.63) is 35.4 Å². The van der Waals surface area contributed by atoms with Crippen LogP contribution in [0.15, 0.2) is 24.3 Å². The maximum absolute atomic E-state index is 5.72. The summed E-state index contributed by atoms with van der Waals surface area (Å²) in [6.07, 6.45) is 2.41. The van der Waals surface area contributed by atoms with Crippen molar-refractivity contribution in [3.8, 4) is 0 Å². The van der Waals surface area contributed by atoms with Crippen molar-refractivity contribution < 1.29 is 4.74 Å². The molecular formula is C15H24N2O. The summed E-state index contributed by atoms with van der Waals surface area (Å²) in [6.45, 7) is 7.52. The highest BCUT2D eigenvalue weighted by Gasteiger charge is 2.26. The first-order valence-electron chi connectivity index (χ1n) is 6.70. The van der Waals surface area contributed by atoms with E-state index >= 15 is 0 Å². The summed E-state index contributed by atoms with van der Waals surface area (Å²) >= 11 is 0. The predicted octanol–water partition coefficient (Wildman–Crippen LogP) is 2.67. The molecule has 1 aromatic carbocycles. The number of rotatable bonds is 3. The molecule has 3 nitrogen and oxygen atoms in total. The van der Waals surface area contributed by atoms with E-state index in [1.807, 2.05) is 0 Å². The summed E-state index contributed by atoms with van der Waals surface area (Å²) in [5.41, 5.74) is 5.63. The van der Waals surface area contributed by atoms with Gasteiger partial charge < -0.3 is 4.74 Å². The molecule has 3 heteroatoms. The Morgan fingerprint density at radius 1 is 1.28 bits per heavy atom. The number of benzene rings is 1. The monoisotopic (exact) mass is 248 g/mol. The molecule has 2 unspecified atom stereocenters. The summed E-state index contributed by atoms with van der Waals surface area (Å²) in [6, 6.07) is 8.80.